The monoisotopic (exact) mass is 653 g/mol. The summed E-state index contributed by atoms with van der Waals surface area (Å²) in [5, 5.41) is 2.21. The maximum absolute atomic E-state index is 14.4. The van der Waals surface area contributed by atoms with E-state index in [-0.39, 0.29) is 35.8 Å². The number of amides is 1. The first kappa shape index (κ1) is 30.9. The van der Waals surface area contributed by atoms with Gasteiger partial charge in [-0.2, -0.15) is 9.97 Å². The van der Waals surface area contributed by atoms with Crippen LogP contribution < -0.4 is 15.2 Å². The number of halogens is 1. The number of carbonyl (C=O) groups excluding carboxylic acids is 1. The topological polar surface area (TPSA) is 106 Å². The minimum atomic E-state index is -0.364. The van der Waals surface area contributed by atoms with E-state index in [9.17, 15) is 9.59 Å². The van der Waals surface area contributed by atoms with Crippen LogP contribution >= 0.6 is 11.6 Å². The molecule has 2 aromatic heterocycles. The summed E-state index contributed by atoms with van der Waals surface area (Å²) in [4.78, 5) is 47.6. The zero-order valence-electron chi connectivity index (χ0n) is 26.4. The molecule has 5 aromatic rings. The number of nitrogens with zero attached hydrogens (tertiary/aromatic N) is 7. The molecule has 12 heteroatoms. The maximum atomic E-state index is 14.4. The molecule has 0 N–H and O–H groups in total. The van der Waals surface area contributed by atoms with Gasteiger partial charge in [-0.25, -0.2) is 9.78 Å². The maximum Gasteiger partial charge on any atom is 0.410 e. The summed E-state index contributed by atoms with van der Waals surface area (Å²) in [6.07, 6.45) is 1.76. The van der Waals surface area contributed by atoms with Gasteiger partial charge in [0.25, 0.3) is 5.56 Å². The number of aryl methyl sites for hydroxylation is 1. The molecule has 4 heterocycles. The quantitative estimate of drug-likeness (QED) is 0.234. The van der Waals surface area contributed by atoms with Crippen LogP contribution in [0.15, 0.2) is 71.5 Å². The molecule has 1 atom stereocenters. The van der Waals surface area contributed by atoms with Crippen LogP contribution in [-0.2, 0) is 11.3 Å². The van der Waals surface area contributed by atoms with Gasteiger partial charge >= 0.3 is 12.1 Å². The van der Waals surface area contributed by atoms with Crippen LogP contribution in [0.5, 0.6) is 6.01 Å². The molecule has 0 radical (unpaired) electrons. The summed E-state index contributed by atoms with van der Waals surface area (Å²) in [5.41, 5.74) is 1.77. The summed E-state index contributed by atoms with van der Waals surface area (Å²) in [7, 11) is 2.08. The van der Waals surface area contributed by atoms with Crippen LogP contribution in [-0.4, -0.2) is 87.8 Å². The number of likely N-dealkylation sites (tertiary alicyclic amines) is 1. The van der Waals surface area contributed by atoms with Gasteiger partial charge in [0, 0.05) is 37.6 Å². The van der Waals surface area contributed by atoms with E-state index in [1.54, 1.807) is 16.4 Å². The van der Waals surface area contributed by atoms with Crippen LogP contribution in [0.1, 0.15) is 24.2 Å². The van der Waals surface area contributed by atoms with Crippen molar-refractivity contribution in [2.45, 2.75) is 32.4 Å². The molecule has 11 nitrogen and oxygen atoms in total. The Morgan fingerprint density at radius 1 is 0.915 bits per heavy atom. The Hall–Kier alpha value is -4.74. The summed E-state index contributed by atoms with van der Waals surface area (Å²) in [5.74, 6) is 0.981. The molecule has 0 bridgehead atoms. The molecular formula is C35H36ClN7O4. The Morgan fingerprint density at radius 2 is 1.68 bits per heavy atom. The Bertz CT molecular complexity index is 1990. The molecule has 2 saturated heterocycles. The van der Waals surface area contributed by atoms with Crippen molar-refractivity contribution in [3.05, 3.63) is 93.5 Å². The molecule has 2 aliphatic rings. The van der Waals surface area contributed by atoms with E-state index in [4.69, 9.17) is 31.0 Å². The van der Waals surface area contributed by atoms with Crippen molar-refractivity contribution in [2.75, 3.05) is 51.3 Å². The van der Waals surface area contributed by atoms with Crippen LogP contribution in [0, 0.1) is 6.92 Å². The molecule has 0 spiro atoms. The third-order valence-corrected chi connectivity index (χ3v) is 9.35. The first-order valence-corrected chi connectivity index (χ1v) is 16.3. The number of fused-ring (bicyclic) bond motifs is 2. The number of ether oxygens (including phenoxy) is 2. The SMILES string of the molecule is Cc1nc2c(N3CCN(C(=O)OCc4ccccc4)CC3)nc(OCC3CCCN3C)nc2c(=O)n1-c1cccc2cccc(Cl)c12. The van der Waals surface area contributed by atoms with E-state index in [0.717, 1.165) is 35.7 Å². The van der Waals surface area contributed by atoms with Crippen molar-refractivity contribution in [2.24, 2.45) is 0 Å². The van der Waals surface area contributed by atoms with Gasteiger partial charge in [-0.3, -0.25) is 9.36 Å². The van der Waals surface area contributed by atoms with Crippen LogP contribution in [0.4, 0.5) is 10.6 Å². The predicted molar refractivity (Wildman–Crippen MR) is 182 cm³/mol. The Morgan fingerprint density at radius 3 is 2.43 bits per heavy atom. The molecule has 0 aliphatic carbocycles. The van der Waals surface area contributed by atoms with Crippen molar-refractivity contribution in [1.29, 1.82) is 0 Å². The fraction of sp³-hybridized carbons (Fsp3) is 0.343. The summed E-state index contributed by atoms with van der Waals surface area (Å²) in [6, 6.07) is 21.4. The average molecular weight is 654 g/mol. The summed E-state index contributed by atoms with van der Waals surface area (Å²) < 4.78 is 13.3. The van der Waals surface area contributed by atoms with Crippen LogP contribution in [0.2, 0.25) is 5.02 Å². The van der Waals surface area contributed by atoms with E-state index in [1.165, 1.54) is 0 Å². The number of anilines is 1. The van der Waals surface area contributed by atoms with E-state index in [1.807, 2.05) is 71.6 Å². The second-order valence-electron chi connectivity index (χ2n) is 12.0. The fourth-order valence-corrected chi connectivity index (χ4v) is 6.72. The van der Waals surface area contributed by atoms with Gasteiger partial charge in [0.2, 0.25) is 0 Å². The number of carbonyl (C=O) groups is 1. The third kappa shape index (κ3) is 6.20. The van der Waals surface area contributed by atoms with Crippen molar-refractivity contribution in [3.63, 3.8) is 0 Å². The van der Waals surface area contributed by atoms with E-state index in [2.05, 4.69) is 16.9 Å². The molecule has 1 unspecified atom stereocenters. The third-order valence-electron chi connectivity index (χ3n) is 9.04. The van der Waals surface area contributed by atoms with Gasteiger partial charge in [-0.05, 0) is 56.4 Å². The molecule has 242 valence electrons. The van der Waals surface area contributed by atoms with Gasteiger partial charge in [-0.15, -0.1) is 0 Å². The molecule has 2 aliphatic heterocycles. The molecule has 1 amide bonds. The standard InChI is InChI=1S/C35H36ClN7O4/c1-23-37-30-31(33(44)43(23)28-15-7-12-25-11-6-14-27(36)29(25)28)38-34(46-22-26-13-8-16-40(26)2)39-32(30)41-17-19-42(20-18-41)35(45)47-21-24-9-4-3-5-10-24/h3-7,9-12,14-15,26H,8,13,16-22H2,1-2H3. The minimum absolute atomic E-state index is 0.128. The molecule has 0 saturated carbocycles. The predicted octanol–water partition coefficient (Wildman–Crippen LogP) is 5.22. The van der Waals surface area contributed by atoms with Crippen molar-refractivity contribution in [1.82, 2.24) is 29.3 Å². The van der Waals surface area contributed by atoms with Gasteiger partial charge in [0.1, 0.15) is 24.6 Å². The molecule has 3 aromatic carbocycles. The molecule has 7 rings (SSSR count). The highest BCUT2D eigenvalue weighted by Crippen LogP contribution is 2.31. The van der Waals surface area contributed by atoms with E-state index < -0.39 is 0 Å². The van der Waals surface area contributed by atoms with Gasteiger partial charge < -0.3 is 24.2 Å². The summed E-state index contributed by atoms with van der Waals surface area (Å²) >= 11 is 6.66. The summed E-state index contributed by atoms with van der Waals surface area (Å²) in [6.45, 7) is 5.22. The number of aromatic nitrogens is 4. The number of rotatable bonds is 7. The number of hydrogen-bond donors (Lipinski definition) is 0. The highest BCUT2D eigenvalue weighted by Gasteiger charge is 2.28. The van der Waals surface area contributed by atoms with Crippen molar-refractivity contribution < 1.29 is 14.3 Å². The van der Waals surface area contributed by atoms with E-state index in [0.29, 0.717) is 60.7 Å². The Kier molecular flexibility index (Phi) is 8.66. The molecule has 2 fully saturated rings. The van der Waals surface area contributed by atoms with Crippen LogP contribution in [0.3, 0.4) is 0 Å². The first-order valence-electron chi connectivity index (χ1n) is 15.9. The number of likely N-dealkylation sites (N-methyl/N-ethyl adjacent to an activating group) is 1. The average Bonchev–Trinajstić information content (AvgIpc) is 3.51. The number of benzene rings is 3. The Labute approximate surface area is 277 Å². The molecular weight excluding hydrogens is 618 g/mol. The normalized spacial score (nSPS) is 17.0. The lowest BCUT2D eigenvalue weighted by atomic mass is 10.1. The van der Waals surface area contributed by atoms with Crippen molar-refractivity contribution >= 4 is 45.3 Å². The highest BCUT2D eigenvalue weighted by molar-refractivity contribution is 6.36. The minimum Gasteiger partial charge on any atom is -0.462 e. The van der Waals surface area contributed by atoms with E-state index >= 15 is 0 Å². The lowest BCUT2D eigenvalue weighted by Crippen LogP contribution is -2.49. The fourth-order valence-electron chi connectivity index (χ4n) is 6.44. The second kappa shape index (κ2) is 13.2. The zero-order valence-corrected chi connectivity index (χ0v) is 27.2. The van der Waals surface area contributed by atoms with Gasteiger partial charge in [-0.1, -0.05) is 66.2 Å². The largest absolute Gasteiger partial charge is 0.462 e. The molecule has 47 heavy (non-hydrogen) atoms. The smallest absolute Gasteiger partial charge is 0.410 e. The van der Waals surface area contributed by atoms with Crippen LogP contribution in [0.25, 0.3) is 27.5 Å². The Balaban J connectivity index is 1.23. The second-order valence-corrected chi connectivity index (χ2v) is 12.5. The van der Waals surface area contributed by atoms with Gasteiger partial charge in [0.15, 0.2) is 11.3 Å². The van der Waals surface area contributed by atoms with Gasteiger partial charge in [0.05, 0.1) is 10.7 Å². The number of hydrogen-bond acceptors (Lipinski definition) is 9. The first-order chi connectivity index (χ1) is 22.9. The number of piperazine rings is 1. The zero-order chi connectivity index (χ0) is 32.5. The lowest BCUT2D eigenvalue weighted by Gasteiger charge is -2.35. The van der Waals surface area contributed by atoms with Crippen molar-refractivity contribution in [3.8, 4) is 11.7 Å². The highest BCUT2D eigenvalue weighted by atomic mass is 35.5. The lowest BCUT2D eigenvalue weighted by molar-refractivity contribution is 0.0941.